The molecule has 1 atom stereocenters. The summed E-state index contributed by atoms with van der Waals surface area (Å²) in [5, 5.41) is 12.4. The highest BCUT2D eigenvalue weighted by Crippen LogP contribution is 2.39. The van der Waals surface area contributed by atoms with Crippen LogP contribution in [-0.4, -0.2) is 31.5 Å². The molecule has 3 aromatic rings. The van der Waals surface area contributed by atoms with E-state index in [4.69, 9.17) is 4.62 Å². The van der Waals surface area contributed by atoms with Gasteiger partial charge in [0.1, 0.15) is 0 Å². The van der Waals surface area contributed by atoms with Crippen LogP contribution in [0.15, 0.2) is 52.1 Å². The van der Waals surface area contributed by atoms with Crippen LogP contribution in [0, 0.1) is 10.1 Å². The second-order valence-electron chi connectivity index (χ2n) is 6.36. The van der Waals surface area contributed by atoms with Crippen molar-refractivity contribution in [2.24, 2.45) is 0 Å². The van der Waals surface area contributed by atoms with Gasteiger partial charge in [-0.1, -0.05) is 30.3 Å². The minimum absolute atomic E-state index is 0. The molecule has 0 spiro atoms. The Morgan fingerprint density at radius 3 is 2.37 bits per heavy atom. The number of non-ortho nitro benzene ring substituents is 1. The van der Waals surface area contributed by atoms with Gasteiger partial charge in [0.25, 0.3) is 5.69 Å². The van der Waals surface area contributed by atoms with Gasteiger partial charge in [0, 0.05) is 30.9 Å². The predicted molar refractivity (Wildman–Crippen MR) is 115 cm³/mol. The number of rotatable bonds is 7. The van der Waals surface area contributed by atoms with Crippen LogP contribution < -0.4 is 11.1 Å². The van der Waals surface area contributed by atoms with Crippen LogP contribution in [0.3, 0.4) is 0 Å². The third kappa shape index (κ3) is 5.94. The van der Waals surface area contributed by atoms with Crippen molar-refractivity contribution in [3.63, 3.8) is 0 Å². The van der Waals surface area contributed by atoms with Gasteiger partial charge in [-0.05, 0) is 5.56 Å². The van der Waals surface area contributed by atoms with Gasteiger partial charge in [-0.15, -0.1) is 17.0 Å². The second kappa shape index (κ2) is 9.45. The number of nitro groups is 1. The molecule has 0 fully saturated rings. The number of aromatic amines is 2. The van der Waals surface area contributed by atoms with E-state index in [1.54, 1.807) is 30.3 Å². The van der Waals surface area contributed by atoms with Crippen LogP contribution in [0.2, 0.25) is 0 Å². The fourth-order valence-electron chi connectivity index (χ4n) is 2.82. The maximum atomic E-state index is 11.8. The van der Waals surface area contributed by atoms with Gasteiger partial charge in [-0.2, -0.15) is 5.06 Å². The lowest BCUT2D eigenvalue weighted by Gasteiger charge is -2.23. The van der Waals surface area contributed by atoms with Crippen molar-refractivity contribution < 1.29 is 19.0 Å². The van der Waals surface area contributed by atoms with Gasteiger partial charge >= 0.3 is 18.7 Å². The zero-order valence-corrected chi connectivity index (χ0v) is 18.2. The van der Waals surface area contributed by atoms with Crippen molar-refractivity contribution in [1.29, 1.82) is 0 Å². The third-order valence-corrected chi connectivity index (χ3v) is 4.46. The second-order valence-corrected chi connectivity index (χ2v) is 8.13. The Hall–Kier alpha value is -2.63. The van der Waals surface area contributed by atoms with E-state index in [1.807, 2.05) is 0 Å². The summed E-state index contributed by atoms with van der Waals surface area (Å²) in [6.07, 6.45) is 0. The number of hydrogen-bond acceptors (Lipinski definition) is 7. The zero-order valence-electron chi connectivity index (χ0n) is 15.6. The molecule has 160 valence electrons. The van der Waals surface area contributed by atoms with E-state index in [9.17, 15) is 29.2 Å². The Bertz CT molecular complexity index is 1220. The number of nitrogens with zero attached hydrogens (tertiary/aromatic N) is 2. The summed E-state index contributed by atoms with van der Waals surface area (Å²) < 4.78 is 17.0. The van der Waals surface area contributed by atoms with Gasteiger partial charge < -0.3 is 14.9 Å². The Kier molecular flexibility index (Phi) is 7.45. The molecular formula is C17H18BrN4O7P. The Labute approximate surface area is 179 Å². The number of hydroxylamine groups is 2. The molecule has 0 aliphatic heterocycles. The summed E-state index contributed by atoms with van der Waals surface area (Å²) in [5.74, 6) is 0. The van der Waals surface area contributed by atoms with Crippen molar-refractivity contribution in [1.82, 2.24) is 15.0 Å². The van der Waals surface area contributed by atoms with E-state index in [1.165, 1.54) is 6.07 Å². The van der Waals surface area contributed by atoms with Crippen LogP contribution in [-0.2, 0) is 22.3 Å². The largest absolute Gasteiger partial charge is 0.341 e. The van der Waals surface area contributed by atoms with E-state index in [0.717, 1.165) is 23.4 Å². The van der Waals surface area contributed by atoms with Crippen LogP contribution in [0.1, 0.15) is 11.1 Å². The fraction of sp³-hybridized carbons (Fsp3) is 0.176. The monoisotopic (exact) mass is 500 g/mol. The molecule has 0 amide bonds. The Balaban J connectivity index is 0.00000320. The molecule has 0 saturated carbocycles. The quantitative estimate of drug-likeness (QED) is 0.193. The van der Waals surface area contributed by atoms with Crippen molar-refractivity contribution in [2.75, 3.05) is 6.66 Å². The van der Waals surface area contributed by atoms with E-state index in [-0.39, 0.29) is 52.4 Å². The fourth-order valence-corrected chi connectivity index (χ4v) is 3.36. The first-order valence-corrected chi connectivity index (χ1v) is 10.4. The molecule has 3 N–H and O–H groups in total. The highest BCUT2D eigenvalue weighted by atomic mass is 79.9. The van der Waals surface area contributed by atoms with Crippen LogP contribution in [0.4, 0.5) is 5.69 Å². The summed E-state index contributed by atoms with van der Waals surface area (Å²) in [6, 6.07) is 11.2. The van der Waals surface area contributed by atoms with Crippen molar-refractivity contribution in [3.05, 3.63) is 84.4 Å². The summed E-state index contributed by atoms with van der Waals surface area (Å²) in [6.45, 7) is 0.931. The number of benzene rings is 2. The van der Waals surface area contributed by atoms with E-state index >= 15 is 0 Å². The van der Waals surface area contributed by atoms with Crippen molar-refractivity contribution >= 4 is 41.3 Å². The number of nitrogens with one attached hydrogen (secondary N) is 2. The van der Waals surface area contributed by atoms with Gasteiger partial charge in [0.15, 0.2) is 0 Å². The lowest BCUT2D eigenvalue weighted by Crippen LogP contribution is -2.30. The first-order valence-electron chi connectivity index (χ1n) is 8.35. The molecule has 11 nitrogen and oxygen atoms in total. The van der Waals surface area contributed by atoms with Crippen LogP contribution in [0.25, 0.3) is 11.0 Å². The molecule has 2 aromatic carbocycles. The van der Waals surface area contributed by atoms with Crippen molar-refractivity contribution in [2.45, 2.75) is 13.1 Å². The number of hydrogen-bond donors (Lipinski definition) is 3. The first-order chi connectivity index (χ1) is 13.6. The molecule has 1 unspecified atom stereocenters. The van der Waals surface area contributed by atoms with Gasteiger partial charge in [0.05, 0.1) is 22.5 Å². The number of nitro benzene ring substituents is 1. The average Bonchev–Trinajstić information content (AvgIpc) is 2.62. The molecule has 0 saturated heterocycles. The topological polar surface area (TPSA) is 159 Å². The lowest BCUT2D eigenvalue weighted by atomic mass is 10.1. The molecule has 1 heterocycles. The summed E-state index contributed by atoms with van der Waals surface area (Å²) in [5.41, 5.74) is -0.989. The molecule has 0 aliphatic rings. The molecule has 0 aliphatic carbocycles. The lowest BCUT2D eigenvalue weighted by molar-refractivity contribution is -0.384. The van der Waals surface area contributed by atoms with Crippen molar-refractivity contribution in [3.8, 4) is 0 Å². The summed E-state index contributed by atoms with van der Waals surface area (Å²) in [7, 11) is -3.94. The molecule has 0 radical (unpaired) electrons. The first kappa shape index (κ1) is 23.6. The predicted octanol–water partition coefficient (Wildman–Crippen LogP) is 2.45. The van der Waals surface area contributed by atoms with Gasteiger partial charge in [-0.25, -0.2) is 4.62 Å². The van der Waals surface area contributed by atoms with Gasteiger partial charge in [-0.3, -0.25) is 24.3 Å². The normalized spacial score (nSPS) is 13.0. The number of fused-ring (bicyclic) bond motifs is 1. The SMILES string of the molecule is Br.CP(=O)(O)ON(Cc1ccccc1)Cc1cc([N+](=O)[O-])cc2[nH]c(=O)c(=O)[nH]c12. The highest BCUT2D eigenvalue weighted by Gasteiger charge is 2.21. The maximum absolute atomic E-state index is 11.8. The number of aromatic nitrogens is 2. The Morgan fingerprint density at radius 1 is 1.13 bits per heavy atom. The highest BCUT2D eigenvalue weighted by molar-refractivity contribution is 8.93. The number of H-pyrrole nitrogens is 2. The molecule has 30 heavy (non-hydrogen) atoms. The number of halogens is 1. The minimum atomic E-state index is -3.94. The molecule has 3 rings (SSSR count). The maximum Gasteiger partial charge on any atom is 0.341 e. The zero-order chi connectivity index (χ0) is 21.2. The third-order valence-electron chi connectivity index (χ3n) is 3.92. The molecule has 0 bridgehead atoms. The molecule has 13 heteroatoms. The smallest absolute Gasteiger partial charge is 0.324 e. The standard InChI is InChI=1S/C17H17N4O7P.BrH/c1-29(26,27)28-20(9-11-5-3-2-4-6-11)10-12-7-13(21(24)25)8-14-15(12)19-17(23)16(22)18-14;/h2-8H,9-10H2,1H3,(H,18,22)(H,19,23)(H,26,27);1H. The summed E-state index contributed by atoms with van der Waals surface area (Å²) in [4.78, 5) is 48.3. The minimum Gasteiger partial charge on any atom is -0.324 e. The van der Waals surface area contributed by atoms with E-state index < -0.39 is 23.6 Å². The van der Waals surface area contributed by atoms with E-state index in [2.05, 4.69) is 9.97 Å². The summed E-state index contributed by atoms with van der Waals surface area (Å²) >= 11 is 0. The van der Waals surface area contributed by atoms with Gasteiger partial charge in [0.2, 0.25) is 0 Å². The van der Waals surface area contributed by atoms with Crippen LogP contribution in [0.5, 0.6) is 0 Å². The van der Waals surface area contributed by atoms with Crippen LogP contribution >= 0.6 is 24.6 Å². The molecular weight excluding hydrogens is 483 g/mol. The Morgan fingerprint density at radius 2 is 1.77 bits per heavy atom. The average molecular weight is 501 g/mol. The molecule has 1 aromatic heterocycles. The van der Waals surface area contributed by atoms with E-state index in [0.29, 0.717) is 0 Å².